The van der Waals surface area contributed by atoms with Crippen LogP contribution in [0.3, 0.4) is 0 Å². The van der Waals surface area contributed by atoms with Gasteiger partial charge in [0.25, 0.3) is 0 Å². The molecule has 1 fully saturated rings. The van der Waals surface area contributed by atoms with E-state index in [9.17, 15) is 0 Å². The number of hydrogen-bond acceptors (Lipinski definition) is 0. The smallest absolute Gasteiger partial charge is 0.0284 e. The van der Waals surface area contributed by atoms with Crippen LogP contribution in [0.1, 0.15) is 109 Å². The molecule has 0 radical (unpaired) electrons. The lowest BCUT2D eigenvalue weighted by atomic mass is 9.41. The van der Waals surface area contributed by atoms with E-state index in [1.165, 1.54) is 87.8 Å². The lowest BCUT2D eigenvalue weighted by Gasteiger charge is -2.62. The van der Waals surface area contributed by atoms with Crippen molar-refractivity contribution in [2.75, 3.05) is 0 Å². The number of benzene rings is 1. The fraction of sp³-hybridized carbons (Fsp3) is 0.514. The highest BCUT2D eigenvalue weighted by Crippen LogP contribution is 2.70. The molecule has 0 aliphatic heterocycles. The Bertz CT molecular complexity index is 1350. The van der Waals surface area contributed by atoms with Crippen molar-refractivity contribution in [3.05, 3.63) is 87.6 Å². The molecule has 37 heavy (non-hydrogen) atoms. The molecule has 4 aliphatic rings. The highest BCUT2D eigenvalue weighted by molar-refractivity contribution is 5.87. The third kappa shape index (κ3) is 3.72. The first-order valence-electron chi connectivity index (χ1n) is 14.4. The Morgan fingerprint density at radius 3 is 2.30 bits per heavy atom. The van der Waals surface area contributed by atoms with Gasteiger partial charge in [-0.1, -0.05) is 94.4 Å². The molecule has 0 saturated heterocycles. The zero-order chi connectivity index (χ0) is 26.9. The summed E-state index contributed by atoms with van der Waals surface area (Å²) in [6, 6.07) is 4.55. The highest BCUT2D eigenvalue weighted by atomic mass is 14.6. The summed E-state index contributed by atoms with van der Waals surface area (Å²) in [4.78, 5) is 0. The monoisotopic (exact) mass is 490 g/mol. The van der Waals surface area contributed by atoms with Crippen LogP contribution >= 0.6 is 0 Å². The standard InChI is InChI=1S/C37H46/c1-23(2)32-25(4)20-36(9)22-35(8)21-31-30(19-17-29-14-12-11-13-15-29)18-16-24(3)33(31)26(5)34(35)28(7)37(36,10)27(32)6/h16,18,29H,1,5-6,11-15,20-22H2,2-4,7-10H3/t35-,36+,37-/m1/s1. The van der Waals surface area contributed by atoms with Gasteiger partial charge in [-0.05, 0) is 116 Å². The molecule has 0 heterocycles. The minimum Gasteiger partial charge on any atom is -0.0955 e. The second-order valence-corrected chi connectivity index (χ2v) is 13.6. The normalized spacial score (nSPS) is 31.9. The van der Waals surface area contributed by atoms with E-state index in [1.807, 2.05) is 0 Å². The Morgan fingerprint density at radius 1 is 0.973 bits per heavy atom. The zero-order valence-corrected chi connectivity index (χ0v) is 24.5. The van der Waals surface area contributed by atoms with E-state index in [0.29, 0.717) is 5.92 Å². The molecule has 0 amide bonds. The van der Waals surface area contributed by atoms with E-state index in [1.54, 1.807) is 0 Å². The molecule has 0 spiro atoms. The molecule has 0 aromatic heterocycles. The van der Waals surface area contributed by atoms with Crippen molar-refractivity contribution in [3.63, 3.8) is 0 Å². The van der Waals surface area contributed by atoms with Gasteiger partial charge in [0, 0.05) is 16.9 Å². The van der Waals surface area contributed by atoms with Gasteiger partial charge >= 0.3 is 0 Å². The SMILES string of the molecule is C=C(C)C1=C(C)C[C@@]2(C)C[C@@]3(C)Cc4c(C#CC5CCCCC5)ccc(C)c4C(=C)C3=C(C)[C@@]2(C)C1=C. The lowest BCUT2D eigenvalue weighted by Crippen LogP contribution is -2.52. The zero-order valence-electron chi connectivity index (χ0n) is 24.5. The van der Waals surface area contributed by atoms with E-state index in [2.05, 4.69) is 79.0 Å². The molecule has 0 bridgehead atoms. The molecule has 1 aromatic rings. The Balaban J connectivity index is 1.67. The van der Waals surface area contributed by atoms with Crippen LogP contribution in [-0.4, -0.2) is 0 Å². The second kappa shape index (κ2) is 8.76. The topological polar surface area (TPSA) is 0 Å². The number of fused-ring (bicyclic) bond motifs is 3. The Labute approximate surface area is 226 Å². The van der Waals surface area contributed by atoms with Crippen molar-refractivity contribution < 1.29 is 0 Å². The van der Waals surface area contributed by atoms with E-state index < -0.39 is 0 Å². The average molecular weight is 491 g/mol. The molecule has 0 nitrogen and oxygen atoms in total. The van der Waals surface area contributed by atoms with E-state index >= 15 is 0 Å². The van der Waals surface area contributed by atoms with Crippen molar-refractivity contribution in [3.8, 4) is 11.8 Å². The molecule has 1 saturated carbocycles. The first-order chi connectivity index (χ1) is 17.3. The maximum atomic E-state index is 4.81. The Hall–Kier alpha value is -2.52. The van der Waals surface area contributed by atoms with Crippen LogP contribution in [0.2, 0.25) is 0 Å². The first kappa shape index (κ1) is 26.1. The van der Waals surface area contributed by atoms with Gasteiger partial charge in [0.1, 0.15) is 0 Å². The maximum absolute atomic E-state index is 4.81. The molecule has 0 heteroatoms. The summed E-state index contributed by atoms with van der Waals surface area (Å²) in [5, 5.41) is 0. The van der Waals surface area contributed by atoms with Gasteiger partial charge in [0.2, 0.25) is 0 Å². The number of aryl methyl sites for hydroxylation is 1. The van der Waals surface area contributed by atoms with Crippen molar-refractivity contribution >= 4 is 5.57 Å². The van der Waals surface area contributed by atoms with Crippen LogP contribution < -0.4 is 0 Å². The highest BCUT2D eigenvalue weighted by Gasteiger charge is 2.59. The predicted octanol–water partition coefficient (Wildman–Crippen LogP) is 10.1. The quantitative estimate of drug-likeness (QED) is 0.343. The van der Waals surface area contributed by atoms with Crippen molar-refractivity contribution in [2.24, 2.45) is 22.2 Å². The summed E-state index contributed by atoms with van der Waals surface area (Å²) in [5.74, 6) is 7.93. The second-order valence-electron chi connectivity index (χ2n) is 13.6. The van der Waals surface area contributed by atoms with Crippen LogP contribution in [-0.2, 0) is 6.42 Å². The fourth-order valence-corrected chi connectivity index (χ4v) is 9.08. The van der Waals surface area contributed by atoms with Crippen LogP contribution in [0.25, 0.3) is 5.57 Å². The molecule has 5 rings (SSSR count). The molecular formula is C37H46. The molecule has 0 unspecified atom stereocenters. The third-order valence-electron chi connectivity index (χ3n) is 10.8. The predicted molar refractivity (Wildman–Crippen MR) is 160 cm³/mol. The maximum Gasteiger partial charge on any atom is 0.0284 e. The van der Waals surface area contributed by atoms with Crippen LogP contribution in [0.15, 0.2) is 65.3 Å². The molecule has 0 N–H and O–H groups in total. The summed E-state index contributed by atoms with van der Waals surface area (Å²) in [6.45, 7) is 30.4. The molecule has 194 valence electrons. The van der Waals surface area contributed by atoms with Gasteiger partial charge in [-0.2, -0.15) is 0 Å². The first-order valence-corrected chi connectivity index (χ1v) is 14.4. The van der Waals surface area contributed by atoms with Crippen LogP contribution in [0.4, 0.5) is 0 Å². The lowest BCUT2D eigenvalue weighted by molar-refractivity contribution is 0.0544. The number of allylic oxidation sites excluding steroid dienone is 7. The van der Waals surface area contributed by atoms with Gasteiger partial charge in [-0.3, -0.25) is 0 Å². The summed E-state index contributed by atoms with van der Waals surface area (Å²) in [6.07, 6.45) is 9.82. The van der Waals surface area contributed by atoms with Gasteiger partial charge in [-0.15, -0.1) is 0 Å². The Morgan fingerprint density at radius 2 is 1.65 bits per heavy atom. The molecular weight excluding hydrogens is 444 g/mol. The van der Waals surface area contributed by atoms with Crippen LogP contribution in [0.5, 0.6) is 0 Å². The summed E-state index contributed by atoms with van der Waals surface area (Å²) in [5.41, 5.74) is 14.7. The average Bonchev–Trinajstić information content (AvgIpc) is 2.81. The van der Waals surface area contributed by atoms with Crippen molar-refractivity contribution in [1.82, 2.24) is 0 Å². The van der Waals surface area contributed by atoms with Crippen LogP contribution in [0, 0.1) is 40.9 Å². The largest absolute Gasteiger partial charge is 0.0955 e. The van der Waals surface area contributed by atoms with E-state index in [4.69, 9.17) is 13.2 Å². The number of hydrogen-bond donors (Lipinski definition) is 0. The van der Waals surface area contributed by atoms with Gasteiger partial charge in [0.05, 0.1) is 0 Å². The van der Waals surface area contributed by atoms with Crippen molar-refractivity contribution in [1.29, 1.82) is 0 Å². The summed E-state index contributed by atoms with van der Waals surface area (Å²) < 4.78 is 0. The molecule has 1 aromatic carbocycles. The van der Waals surface area contributed by atoms with Gasteiger partial charge < -0.3 is 0 Å². The van der Waals surface area contributed by atoms with Gasteiger partial charge in [-0.25, -0.2) is 0 Å². The van der Waals surface area contributed by atoms with Crippen molar-refractivity contribution in [2.45, 2.75) is 99.8 Å². The number of rotatable bonds is 1. The fourth-order valence-electron chi connectivity index (χ4n) is 9.08. The molecule has 3 atom stereocenters. The van der Waals surface area contributed by atoms with E-state index in [-0.39, 0.29) is 16.2 Å². The van der Waals surface area contributed by atoms with E-state index in [0.717, 1.165) is 24.8 Å². The third-order valence-corrected chi connectivity index (χ3v) is 10.8. The minimum absolute atomic E-state index is 0.0405. The minimum atomic E-state index is -0.109. The molecule has 4 aliphatic carbocycles. The summed E-state index contributed by atoms with van der Waals surface area (Å²) in [7, 11) is 0. The Kier molecular flexibility index (Phi) is 6.18. The summed E-state index contributed by atoms with van der Waals surface area (Å²) >= 11 is 0. The van der Waals surface area contributed by atoms with Gasteiger partial charge in [0.15, 0.2) is 0 Å².